The molecule has 1 N–H and O–H groups in total. The van der Waals surface area contributed by atoms with Gasteiger partial charge in [-0.15, -0.1) is 0 Å². The van der Waals surface area contributed by atoms with Crippen LogP contribution >= 0.6 is 0 Å². The van der Waals surface area contributed by atoms with E-state index in [0.29, 0.717) is 13.0 Å². The van der Waals surface area contributed by atoms with Crippen LogP contribution < -0.4 is 10.1 Å². The summed E-state index contributed by atoms with van der Waals surface area (Å²) in [6.07, 6.45) is 1.52. The van der Waals surface area contributed by atoms with E-state index in [-0.39, 0.29) is 5.78 Å². The van der Waals surface area contributed by atoms with Crippen molar-refractivity contribution in [1.82, 2.24) is 0 Å². The standard InChI is InChI=1S/C14H21NO2/c1-4-17-14-8-7-13(10-11(14)2)15-9-5-6-12(3)16/h7-8,10,15H,4-6,9H2,1-3H3. The van der Waals surface area contributed by atoms with E-state index in [1.165, 1.54) is 0 Å². The Morgan fingerprint density at radius 3 is 2.76 bits per heavy atom. The second-order valence-electron chi connectivity index (χ2n) is 4.15. The zero-order chi connectivity index (χ0) is 12.7. The van der Waals surface area contributed by atoms with Gasteiger partial charge < -0.3 is 14.8 Å². The van der Waals surface area contributed by atoms with Gasteiger partial charge in [0.15, 0.2) is 0 Å². The van der Waals surface area contributed by atoms with Crippen molar-refractivity contribution >= 4 is 11.5 Å². The molecule has 3 heteroatoms. The van der Waals surface area contributed by atoms with Gasteiger partial charge in [-0.05, 0) is 51.0 Å². The molecule has 1 aromatic carbocycles. The summed E-state index contributed by atoms with van der Waals surface area (Å²) in [4.78, 5) is 10.8. The smallest absolute Gasteiger partial charge is 0.129 e. The Balaban J connectivity index is 2.44. The van der Waals surface area contributed by atoms with Crippen LogP contribution in [0.3, 0.4) is 0 Å². The van der Waals surface area contributed by atoms with Crippen molar-refractivity contribution < 1.29 is 9.53 Å². The average molecular weight is 235 g/mol. The topological polar surface area (TPSA) is 38.3 Å². The van der Waals surface area contributed by atoms with Crippen LogP contribution in [0.5, 0.6) is 5.75 Å². The summed E-state index contributed by atoms with van der Waals surface area (Å²) in [5.41, 5.74) is 2.21. The molecule has 0 aliphatic rings. The highest BCUT2D eigenvalue weighted by atomic mass is 16.5. The summed E-state index contributed by atoms with van der Waals surface area (Å²) in [7, 11) is 0. The lowest BCUT2D eigenvalue weighted by Gasteiger charge is -2.10. The van der Waals surface area contributed by atoms with Gasteiger partial charge in [-0.2, -0.15) is 0 Å². The Morgan fingerprint density at radius 1 is 1.41 bits per heavy atom. The van der Waals surface area contributed by atoms with Crippen molar-refractivity contribution in [3.63, 3.8) is 0 Å². The summed E-state index contributed by atoms with van der Waals surface area (Å²) in [5, 5.41) is 3.30. The molecule has 0 amide bonds. The maximum absolute atomic E-state index is 10.8. The number of rotatable bonds is 7. The molecule has 0 atom stereocenters. The molecule has 1 rings (SSSR count). The summed E-state index contributed by atoms with van der Waals surface area (Å²) >= 11 is 0. The van der Waals surface area contributed by atoms with Gasteiger partial charge in [0, 0.05) is 18.7 Å². The number of ketones is 1. The number of carbonyl (C=O) groups excluding carboxylic acids is 1. The SMILES string of the molecule is CCOc1ccc(NCCCC(C)=O)cc1C. The molecule has 0 aliphatic carbocycles. The van der Waals surface area contributed by atoms with E-state index in [9.17, 15) is 4.79 Å². The van der Waals surface area contributed by atoms with Gasteiger partial charge in [0.1, 0.15) is 11.5 Å². The largest absolute Gasteiger partial charge is 0.494 e. The van der Waals surface area contributed by atoms with E-state index in [4.69, 9.17) is 4.74 Å². The summed E-state index contributed by atoms with van der Waals surface area (Å²) < 4.78 is 5.48. The first-order valence-electron chi connectivity index (χ1n) is 6.10. The summed E-state index contributed by atoms with van der Waals surface area (Å²) in [5.74, 6) is 1.18. The molecule has 0 fully saturated rings. The van der Waals surface area contributed by atoms with Crippen LogP contribution in [0.1, 0.15) is 32.3 Å². The van der Waals surface area contributed by atoms with Crippen molar-refractivity contribution in [3.8, 4) is 5.75 Å². The number of nitrogens with one attached hydrogen (secondary N) is 1. The minimum absolute atomic E-state index is 0.245. The molecule has 0 aliphatic heterocycles. The van der Waals surface area contributed by atoms with E-state index in [1.54, 1.807) is 6.92 Å². The molecule has 3 nitrogen and oxygen atoms in total. The van der Waals surface area contributed by atoms with Gasteiger partial charge in [-0.3, -0.25) is 0 Å². The number of aryl methyl sites for hydroxylation is 1. The molecule has 0 saturated heterocycles. The van der Waals surface area contributed by atoms with Crippen molar-refractivity contribution in [1.29, 1.82) is 0 Å². The van der Waals surface area contributed by atoms with Gasteiger partial charge in [-0.25, -0.2) is 0 Å². The third-order valence-corrected chi connectivity index (χ3v) is 2.51. The normalized spacial score (nSPS) is 10.1. The summed E-state index contributed by atoms with van der Waals surface area (Å²) in [6, 6.07) is 6.05. The Labute approximate surface area is 103 Å². The van der Waals surface area contributed by atoms with Gasteiger partial charge >= 0.3 is 0 Å². The first kappa shape index (κ1) is 13.6. The lowest BCUT2D eigenvalue weighted by Crippen LogP contribution is -2.04. The Bertz CT molecular complexity index is 374. The fourth-order valence-electron chi connectivity index (χ4n) is 1.65. The highest BCUT2D eigenvalue weighted by Crippen LogP contribution is 2.21. The highest BCUT2D eigenvalue weighted by molar-refractivity contribution is 5.75. The number of carbonyl (C=O) groups is 1. The lowest BCUT2D eigenvalue weighted by molar-refractivity contribution is -0.117. The molecule has 0 aromatic heterocycles. The van der Waals surface area contributed by atoms with Crippen LogP contribution in [0.25, 0.3) is 0 Å². The molecule has 0 saturated carbocycles. The van der Waals surface area contributed by atoms with Crippen LogP contribution in [0, 0.1) is 6.92 Å². The van der Waals surface area contributed by atoms with Crippen LogP contribution in [0.15, 0.2) is 18.2 Å². The van der Waals surface area contributed by atoms with Gasteiger partial charge in [0.2, 0.25) is 0 Å². The molecule has 94 valence electrons. The highest BCUT2D eigenvalue weighted by Gasteiger charge is 2.00. The minimum Gasteiger partial charge on any atom is -0.494 e. The molecular formula is C14H21NO2. The van der Waals surface area contributed by atoms with Gasteiger partial charge in [-0.1, -0.05) is 0 Å². The van der Waals surface area contributed by atoms with Crippen molar-refractivity contribution in [2.45, 2.75) is 33.6 Å². The molecule has 0 unspecified atom stereocenters. The van der Waals surface area contributed by atoms with Crippen molar-refractivity contribution in [2.24, 2.45) is 0 Å². The van der Waals surface area contributed by atoms with E-state index < -0.39 is 0 Å². The summed E-state index contributed by atoms with van der Waals surface area (Å²) in [6.45, 7) is 7.15. The molecule has 17 heavy (non-hydrogen) atoms. The fourth-order valence-corrected chi connectivity index (χ4v) is 1.65. The minimum atomic E-state index is 0.245. The Morgan fingerprint density at radius 2 is 2.18 bits per heavy atom. The van der Waals surface area contributed by atoms with Gasteiger partial charge in [0.05, 0.1) is 6.61 Å². The maximum atomic E-state index is 10.8. The molecule has 1 aromatic rings. The number of benzene rings is 1. The lowest BCUT2D eigenvalue weighted by atomic mass is 10.2. The van der Waals surface area contributed by atoms with E-state index in [2.05, 4.69) is 11.4 Å². The van der Waals surface area contributed by atoms with Crippen LogP contribution in [-0.4, -0.2) is 18.9 Å². The quantitative estimate of drug-likeness (QED) is 0.738. The Kier molecular flexibility index (Phi) is 5.53. The second-order valence-corrected chi connectivity index (χ2v) is 4.15. The maximum Gasteiger partial charge on any atom is 0.129 e. The van der Waals surface area contributed by atoms with E-state index in [0.717, 1.165) is 30.0 Å². The molecular weight excluding hydrogens is 214 g/mol. The molecule has 0 bridgehead atoms. The number of hydrogen-bond donors (Lipinski definition) is 1. The first-order chi connectivity index (χ1) is 8.13. The monoisotopic (exact) mass is 235 g/mol. The number of hydrogen-bond acceptors (Lipinski definition) is 3. The van der Waals surface area contributed by atoms with E-state index >= 15 is 0 Å². The van der Waals surface area contributed by atoms with Crippen LogP contribution in [-0.2, 0) is 4.79 Å². The third kappa shape index (κ3) is 4.89. The predicted octanol–water partition coefficient (Wildman–Crippen LogP) is 3.17. The molecule has 0 spiro atoms. The number of anilines is 1. The first-order valence-corrected chi connectivity index (χ1v) is 6.10. The Hall–Kier alpha value is -1.51. The van der Waals surface area contributed by atoms with Crippen molar-refractivity contribution in [3.05, 3.63) is 23.8 Å². The van der Waals surface area contributed by atoms with E-state index in [1.807, 2.05) is 26.0 Å². The number of Topliss-reactive ketones (excluding diaryl/α,β-unsaturated/α-hetero) is 1. The zero-order valence-electron chi connectivity index (χ0n) is 10.9. The number of ether oxygens (including phenoxy) is 1. The van der Waals surface area contributed by atoms with Crippen LogP contribution in [0.2, 0.25) is 0 Å². The van der Waals surface area contributed by atoms with Crippen molar-refractivity contribution in [2.75, 3.05) is 18.5 Å². The van der Waals surface area contributed by atoms with Crippen LogP contribution in [0.4, 0.5) is 5.69 Å². The molecule has 0 radical (unpaired) electrons. The zero-order valence-corrected chi connectivity index (χ0v) is 10.9. The third-order valence-electron chi connectivity index (χ3n) is 2.51. The second kappa shape index (κ2) is 6.94. The fraction of sp³-hybridized carbons (Fsp3) is 0.500. The predicted molar refractivity (Wildman–Crippen MR) is 70.8 cm³/mol. The van der Waals surface area contributed by atoms with Gasteiger partial charge in [0.25, 0.3) is 0 Å². The molecule has 0 heterocycles. The average Bonchev–Trinajstić information content (AvgIpc) is 2.28.